The molecule has 2 N–H and O–H groups in total. The fourth-order valence-electron chi connectivity index (χ4n) is 1.94. The van der Waals surface area contributed by atoms with E-state index in [0.717, 1.165) is 16.8 Å². The molecule has 4 nitrogen and oxygen atoms in total. The highest BCUT2D eigenvalue weighted by molar-refractivity contribution is 5.93. The molecule has 1 rings (SSSR count). The number of benzene rings is 1. The van der Waals surface area contributed by atoms with Crippen LogP contribution in [-0.2, 0) is 9.59 Å². The minimum absolute atomic E-state index is 0.0265. The number of hydrogen-bond donors (Lipinski definition) is 2. The maximum atomic E-state index is 12.1. The second kappa shape index (κ2) is 6.92. The first-order chi connectivity index (χ1) is 8.95. The highest BCUT2D eigenvalue weighted by atomic mass is 16.4. The average molecular weight is 263 g/mol. The molecule has 0 fully saturated rings. The van der Waals surface area contributed by atoms with Crippen LogP contribution in [0.5, 0.6) is 0 Å². The molecule has 1 aromatic rings. The smallest absolute Gasteiger partial charge is 0.303 e. The quantitative estimate of drug-likeness (QED) is 0.828. The molecular weight excluding hydrogens is 242 g/mol. The molecule has 0 aromatic heterocycles. The highest BCUT2D eigenvalue weighted by Gasteiger charge is 2.18. The number of carbonyl (C=O) groups is 2. The van der Waals surface area contributed by atoms with Crippen molar-refractivity contribution in [2.45, 2.75) is 40.0 Å². The van der Waals surface area contributed by atoms with E-state index in [2.05, 4.69) is 5.32 Å². The van der Waals surface area contributed by atoms with Crippen LogP contribution in [0.1, 0.15) is 37.3 Å². The Kier molecular flexibility index (Phi) is 5.55. The third-order valence-corrected chi connectivity index (χ3v) is 3.43. The van der Waals surface area contributed by atoms with Crippen molar-refractivity contribution in [2.24, 2.45) is 5.92 Å². The van der Waals surface area contributed by atoms with E-state index < -0.39 is 5.97 Å². The number of carboxylic acid groups (broad SMARTS) is 1. The number of carboxylic acids is 1. The summed E-state index contributed by atoms with van der Waals surface area (Å²) in [6, 6.07) is 5.76. The van der Waals surface area contributed by atoms with Crippen molar-refractivity contribution in [1.29, 1.82) is 0 Å². The van der Waals surface area contributed by atoms with Gasteiger partial charge in [0.05, 0.1) is 0 Å². The lowest BCUT2D eigenvalue weighted by atomic mass is 9.98. The lowest BCUT2D eigenvalue weighted by Crippen LogP contribution is -2.23. The van der Waals surface area contributed by atoms with Crippen molar-refractivity contribution in [2.75, 3.05) is 5.32 Å². The topological polar surface area (TPSA) is 66.4 Å². The predicted octanol–water partition coefficient (Wildman–Crippen LogP) is 3.13. The maximum absolute atomic E-state index is 12.1. The molecule has 0 aliphatic rings. The molecule has 19 heavy (non-hydrogen) atoms. The molecule has 0 aliphatic carbocycles. The van der Waals surface area contributed by atoms with Crippen LogP contribution in [0.4, 0.5) is 5.69 Å². The van der Waals surface area contributed by atoms with Gasteiger partial charge in [-0.1, -0.05) is 19.1 Å². The van der Waals surface area contributed by atoms with Gasteiger partial charge in [-0.3, -0.25) is 9.59 Å². The van der Waals surface area contributed by atoms with E-state index in [4.69, 9.17) is 5.11 Å². The van der Waals surface area contributed by atoms with Gasteiger partial charge in [-0.15, -0.1) is 0 Å². The third-order valence-electron chi connectivity index (χ3n) is 3.43. The van der Waals surface area contributed by atoms with E-state index >= 15 is 0 Å². The molecule has 104 valence electrons. The number of amides is 1. The Morgan fingerprint density at radius 2 is 2.00 bits per heavy atom. The number of nitrogens with one attached hydrogen (secondary N) is 1. The van der Waals surface area contributed by atoms with Crippen molar-refractivity contribution in [3.05, 3.63) is 29.3 Å². The average Bonchev–Trinajstić information content (AvgIpc) is 2.35. The molecule has 0 saturated heterocycles. The summed E-state index contributed by atoms with van der Waals surface area (Å²) >= 11 is 0. The Morgan fingerprint density at radius 3 is 2.58 bits per heavy atom. The van der Waals surface area contributed by atoms with E-state index in [1.807, 2.05) is 39.0 Å². The van der Waals surface area contributed by atoms with Crippen molar-refractivity contribution in [3.8, 4) is 0 Å². The molecule has 0 aliphatic heterocycles. The normalized spacial score (nSPS) is 11.9. The Bertz CT molecular complexity index is 468. The Labute approximate surface area is 113 Å². The predicted molar refractivity (Wildman–Crippen MR) is 75.2 cm³/mol. The van der Waals surface area contributed by atoms with Crippen LogP contribution < -0.4 is 5.32 Å². The van der Waals surface area contributed by atoms with Gasteiger partial charge in [0, 0.05) is 18.0 Å². The third kappa shape index (κ3) is 4.39. The largest absolute Gasteiger partial charge is 0.481 e. The number of aryl methyl sites for hydroxylation is 1. The van der Waals surface area contributed by atoms with Crippen molar-refractivity contribution >= 4 is 17.6 Å². The SMILES string of the molecule is CCC(CCC(=O)O)C(=O)Nc1cccc(C)c1C. The van der Waals surface area contributed by atoms with Gasteiger partial charge >= 0.3 is 5.97 Å². The zero-order valence-corrected chi connectivity index (χ0v) is 11.7. The summed E-state index contributed by atoms with van der Waals surface area (Å²) in [6.45, 7) is 5.85. The van der Waals surface area contributed by atoms with Crippen molar-refractivity contribution < 1.29 is 14.7 Å². The highest BCUT2D eigenvalue weighted by Crippen LogP contribution is 2.20. The number of hydrogen-bond acceptors (Lipinski definition) is 2. The van der Waals surface area contributed by atoms with Gasteiger partial charge in [-0.25, -0.2) is 0 Å². The molecule has 0 saturated carbocycles. The molecule has 1 amide bonds. The molecule has 4 heteroatoms. The summed E-state index contributed by atoms with van der Waals surface area (Å²) in [6.07, 6.45) is 1.05. The number of anilines is 1. The lowest BCUT2D eigenvalue weighted by Gasteiger charge is -2.16. The van der Waals surface area contributed by atoms with Gasteiger partial charge in [0.25, 0.3) is 0 Å². The second-order valence-electron chi connectivity index (χ2n) is 4.77. The van der Waals surface area contributed by atoms with Crippen LogP contribution >= 0.6 is 0 Å². The fourth-order valence-corrected chi connectivity index (χ4v) is 1.94. The summed E-state index contributed by atoms with van der Waals surface area (Å²) in [5.74, 6) is -1.22. The summed E-state index contributed by atoms with van der Waals surface area (Å²) in [5.41, 5.74) is 2.97. The number of rotatable bonds is 6. The van der Waals surface area contributed by atoms with Crippen LogP contribution in [-0.4, -0.2) is 17.0 Å². The van der Waals surface area contributed by atoms with Gasteiger partial charge in [0.1, 0.15) is 0 Å². The van der Waals surface area contributed by atoms with Crippen molar-refractivity contribution in [1.82, 2.24) is 0 Å². The Hall–Kier alpha value is -1.84. The first-order valence-electron chi connectivity index (χ1n) is 6.54. The summed E-state index contributed by atoms with van der Waals surface area (Å²) < 4.78 is 0. The van der Waals surface area contributed by atoms with Gasteiger partial charge in [-0.05, 0) is 43.9 Å². The van der Waals surface area contributed by atoms with Gasteiger partial charge in [0.15, 0.2) is 0 Å². The minimum atomic E-state index is -0.863. The first kappa shape index (κ1) is 15.2. The van der Waals surface area contributed by atoms with E-state index in [1.54, 1.807) is 0 Å². The van der Waals surface area contributed by atoms with Crippen LogP contribution in [0.2, 0.25) is 0 Å². The molecule has 1 atom stereocenters. The molecule has 1 aromatic carbocycles. The first-order valence-corrected chi connectivity index (χ1v) is 6.54. The summed E-state index contributed by atoms with van der Waals surface area (Å²) in [5, 5.41) is 11.6. The monoisotopic (exact) mass is 263 g/mol. The number of carbonyl (C=O) groups excluding carboxylic acids is 1. The maximum Gasteiger partial charge on any atom is 0.303 e. The summed E-state index contributed by atoms with van der Waals surface area (Å²) in [7, 11) is 0. The van der Waals surface area contributed by atoms with E-state index in [0.29, 0.717) is 12.8 Å². The molecule has 0 heterocycles. The fraction of sp³-hybridized carbons (Fsp3) is 0.467. The van der Waals surface area contributed by atoms with Gasteiger partial charge in [-0.2, -0.15) is 0 Å². The molecule has 1 unspecified atom stereocenters. The zero-order valence-electron chi connectivity index (χ0n) is 11.7. The molecule has 0 spiro atoms. The van der Waals surface area contributed by atoms with Crippen molar-refractivity contribution in [3.63, 3.8) is 0 Å². The van der Waals surface area contributed by atoms with E-state index in [9.17, 15) is 9.59 Å². The standard InChI is InChI=1S/C15H21NO3/c1-4-12(8-9-14(17)18)15(19)16-13-7-5-6-10(2)11(13)3/h5-7,12H,4,8-9H2,1-3H3,(H,16,19)(H,17,18). The minimum Gasteiger partial charge on any atom is -0.481 e. The van der Waals surface area contributed by atoms with Gasteiger partial charge < -0.3 is 10.4 Å². The van der Waals surface area contributed by atoms with Gasteiger partial charge in [0.2, 0.25) is 5.91 Å². The molecular formula is C15H21NO3. The van der Waals surface area contributed by atoms with Crippen LogP contribution in [0.15, 0.2) is 18.2 Å². The van der Waals surface area contributed by atoms with Crippen LogP contribution in [0.25, 0.3) is 0 Å². The Morgan fingerprint density at radius 1 is 1.32 bits per heavy atom. The summed E-state index contributed by atoms with van der Waals surface area (Å²) in [4.78, 5) is 22.7. The lowest BCUT2D eigenvalue weighted by molar-refractivity contribution is -0.137. The van der Waals surface area contributed by atoms with Crippen LogP contribution in [0.3, 0.4) is 0 Å². The Balaban J connectivity index is 2.71. The van der Waals surface area contributed by atoms with Crippen LogP contribution in [0, 0.1) is 19.8 Å². The van der Waals surface area contributed by atoms with E-state index in [-0.39, 0.29) is 18.2 Å². The molecule has 0 bridgehead atoms. The van der Waals surface area contributed by atoms with E-state index in [1.165, 1.54) is 0 Å². The second-order valence-corrected chi connectivity index (χ2v) is 4.77. The zero-order chi connectivity index (χ0) is 14.4. The number of aliphatic carboxylic acids is 1. The molecule has 0 radical (unpaired) electrons.